The Morgan fingerprint density at radius 3 is 2.19 bits per heavy atom. The highest BCUT2D eigenvalue weighted by atomic mass is 16.5. The Morgan fingerprint density at radius 1 is 0.968 bits per heavy atom. The molecule has 1 atom stereocenters. The lowest BCUT2D eigenvalue weighted by molar-refractivity contribution is -0.124. The molecule has 0 aromatic heterocycles. The molecule has 0 bridgehead atoms. The summed E-state index contributed by atoms with van der Waals surface area (Å²) < 4.78 is 15.6. The van der Waals surface area contributed by atoms with E-state index in [9.17, 15) is 19.2 Å². The highest BCUT2D eigenvalue weighted by Crippen LogP contribution is 2.29. The monoisotopic (exact) mass is 426 g/mol. The lowest BCUT2D eigenvalue weighted by atomic mass is 10.2. The number of hydrogen-bond acceptors (Lipinski definition) is 7. The molecule has 1 N–H and O–H groups in total. The number of rotatable bonds is 7. The van der Waals surface area contributed by atoms with E-state index in [1.54, 1.807) is 18.2 Å². The van der Waals surface area contributed by atoms with Crippen molar-refractivity contribution >= 4 is 35.1 Å². The molecule has 2 aromatic rings. The fourth-order valence-electron chi connectivity index (χ4n) is 3.04. The Kier molecular flexibility index (Phi) is 6.54. The number of ether oxygens (including phenoxy) is 3. The molecule has 0 spiro atoms. The Hall–Kier alpha value is -3.88. The summed E-state index contributed by atoms with van der Waals surface area (Å²) in [5, 5.41) is 2.65. The Balaban J connectivity index is 1.64. The number of hydrogen-bond donors (Lipinski definition) is 1. The summed E-state index contributed by atoms with van der Waals surface area (Å²) in [5.41, 5.74) is 0.945. The smallest absolute Gasteiger partial charge is 0.338 e. The number of amides is 3. The fourth-order valence-corrected chi connectivity index (χ4v) is 3.04. The molecule has 31 heavy (non-hydrogen) atoms. The highest BCUT2D eigenvalue weighted by molar-refractivity contribution is 6.19. The first kappa shape index (κ1) is 21.8. The SMILES string of the molecule is COc1ccc(OC)c(NC(=O)C(C)OC(=O)c2ccc(N3C(=O)CCC3=O)cc2)c1. The number of benzene rings is 2. The predicted molar refractivity (Wildman–Crippen MR) is 111 cm³/mol. The van der Waals surface area contributed by atoms with E-state index in [0.29, 0.717) is 22.9 Å². The number of anilines is 2. The molecule has 1 aliphatic rings. The van der Waals surface area contributed by atoms with Crippen LogP contribution in [-0.4, -0.2) is 44.0 Å². The van der Waals surface area contributed by atoms with Crippen molar-refractivity contribution in [2.45, 2.75) is 25.9 Å². The van der Waals surface area contributed by atoms with Gasteiger partial charge in [0.25, 0.3) is 5.91 Å². The molecular formula is C22H22N2O7. The first-order valence-electron chi connectivity index (χ1n) is 9.53. The lowest BCUT2D eigenvalue weighted by Crippen LogP contribution is -2.30. The van der Waals surface area contributed by atoms with Crippen molar-refractivity contribution in [3.05, 3.63) is 48.0 Å². The van der Waals surface area contributed by atoms with E-state index in [-0.39, 0.29) is 30.2 Å². The molecule has 162 valence electrons. The van der Waals surface area contributed by atoms with Gasteiger partial charge in [-0.05, 0) is 43.3 Å². The van der Waals surface area contributed by atoms with Crippen molar-refractivity contribution in [1.29, 1.82) is 0 Å². The summed E-state index contributed by atoms with van der Waals surface area (Å²) in [4.78, 5) is 49.6. The lowest BCUT2D eigenvalue weighted by Gasteiger charge is -2.16. The molecule has 1 fully saturated rings. The molecule has 2 aromatic carbocycles. The maximum atomic E-state index is 12.5. The Labute approximate surface area is 178 Å². The third-order valence-corrected chi connectivity index (χ3v) is 4.73. The third kappa shape index (κ3) is 4.82. The maximum absolute atomic E-state index is 12.5. The first-order chi connectivity index (χ1) is 14.8. The average Bonchev–Trinajstić information content (AvgIpc) is 3.11. The van der Waals surface area contributed by atoms with Crippen LogP contribution in [0.4, 0.5) is 11.4 Å². The van der Waals surface area contributed by atoms with Crippen LogP contribution in [0.25, 0.3) is 0 Å². The molecule has 0 radical (unpaired) electrons. The molecule has 3 rings (SSSR count). The van der Waals surface area contributed by atoms with E-state index < -0.39 is 18.0 Å². The van der Waals surface area contributed by atoms with Crippen molar-refractivity contribution in [2.75, 3.05) is 24.4 Å². The van der Waals surface area contributed by atoms with Crippen LogP contribution in [0.3, 0.4) is 0 Å². The van der Waals surface area contributed by atoms with Crippen molar-refractivity contribution in [2.24, 2.45) is 0 Å². The molecule has 9 nitrogen and oxygen atoms in total. The standard InChI is InChI=1S/C22H22N2O7/c1-13(21(27)23-17-12-16(29-2)8-9-18(17)30-3)31-22(28)14-4-6-15(7-5-14)24-19(25)10-11-20(24)26/h4-9,12-13H,10-11H2,1-3H3,(H,23,27). The number of nitrogens with one attached hydrogen (secondary N) is 1. The van der Waals surface area contributed by atoms with Gasteiger partial charge in [0.15, 0.2) is 6.10 Å². The van der Waals surface area contributed by atoms with E-state index >= 15 is 0 Å². The van der Waals surface area contributed by atoms with Crippen LogP contribution in [-0.2, 0) is 19.1 Å². The average molecular weight is 426 g/mol. The van der Waals surface area contributed by atoms with Crippen LogP contribution in [0.1, 0.15) is 30.1 Å². The molecule has 9 heteroatoms. The van der Waals surface area contributed by atoms with E-state index in [4.69, 9.17) is 14.2 Å². The first-order valence-corrected chi connectivity index (χ1v) is 9.53. The summed E-state index contributed by atoms with van der Waals surface area (Å²) in [6, 6.07) is 10.8. The quantitative estimate of drug-likeness (QED) is 0.535. The van der Waals surface area contributed by atoms with Crippen molar-refractivity contribution in [1.82, 2.24) is 0 Å². The second-order valence-electron chi connectivity index (χ2n) is 6.77. The number of methoxy groups -OCH3 is 2. The van der Waals surface area contributed by atoms with Gasteiger partial charge < -0.3 is 19.5 Å². The van der Waals surface area contributed by atoms with Gasteiger partial charge in [-0.1, -0.05) is 0 Å². The predicted octanol–water partition coefficient (Wildman–Crippen LogP) is 2.54. The number of carbonyl (C=O) groups excluding carboxylic acids is 4. The zero-order valence-corrected chi connectivity index (χ0v) is 17.3. The molecule has 1 heterocycles. The van der Waals surface area contributed by atoms with Gasteiger partial charge in [-0.3, -0.25) is 19.3 Å². The Bertz CT molecular complexity index is 1000. The van der Waals surface area contributed by atoms with Gasteiger partial charge in [-0.15, -0.1) is 0 Å². The maximum Gasteiger partial charge on any atom is 0.338 e. The fraction of sp³-hybridized carbons (Fsp3) is 0.273. The van der Waals surface area contributed by atoms with Crippen LogP contribution in [0.15, 0.2) is 42.5 Å². The second kappa shape index (κ2) is 9.29. The van der Waals surface area contributed by atoms with E-state index in [1.165, 1.54) is 45.4 Å². The van der Waals surface area contributed by atoms with E-state index in [1.807, 2.05) is 0 Å². The largest absolute Gasteiger partial charge is 0.497 e. The normalized spacial score (nSPS) is 14.2. The minimum Gasteiger partial charge on any atom is -0.497 e. The van der Waals surface area contributed by atoms with Gasteiger partial charge in [-0.25, -0.2) is 4.79 Å². The summed E-state index contributed by atoms with van der Waals surface area (Å²) in [5.74, 6) is -0.877. The summed E-state index contributed by atoms with van der Waals surface area (Å²) >= 11 is 0. The number of imide groups is 1. The van der Waals surface area contributed by atoms with Crippen LogP contribution in [0.5, 0.6) is 11.5 Å². The van der Waals surface area contributed by atoms with Crippen LogP contribution >= 0.6 is 0 Å². The molecule has 3 amide bonds. The van der Waals surface area contributed by atoms with E-state index in [2.05, 4.69) is 5.32 Å². The molecule has 0 aliphatic carbocycles. The highest BCUT2D eigenvalue weighted by Gasteiger charge is 2.30. The van der Waals surface area contributed by atoms with E-state index in [0.717, 1.165) is 4.90 Å². The minimum atomic E-state index is -1.09. The van der Waals surface area contributed by atoms with Gasteiger partial charge in [-0.2, -0.15) is 0 Å². The van der Waals surface area contributed by atoms with Gasteiger partial charge in [0.1, 0.15) is 11.5 Å². The summed E-state index contributed by atoms with van der Waals surface area (Å²) in [6.07, 6.45) is -0.745. The molecule has 1 aliphatic heterocycles. The molecular weight excluding hydrogens is 404 g/mol. The summed E-state index contributed by atoms with van der Waals surface area (Å²) in [7, 11) is 2.96. The van der Waals surface area contributed by atoms with Gasteiger partial charge in [0.2, 0.25) is 11.8 Å². The van der Waals surface area contributed by atoms with Crippen molar-refractivity contribution in [3.8, 4) is 11.5 Å². The van der Waals surface area contributed by atoms with Crippen LogP contribution in [0, 0.1) is 0 Å². The van der Waals surface area contributed by atoms with Gasteiger partial charge in [0, 0.05) is 18.9 Å². The van der Waals surface area contributed by atoms with Crippen molar-refractivity contribution < 1.29 is 33.4 Å². The molecule has 0 saturated carbocycles. The molecule has 1 unspecified atom stereocenters. The van der Waals surface area contributed by atoms with Crippen LogP contribution in [0.2, 0.25) is 0 Å². The second-order valence-corrected chi connectivity index (χ2v) is 6.77. The zero-order chi connectivity index (χ0) is 22.5. The van der Waals surface area contributed by atoms with Crippen LogP contribution < -0.4 is 19.7 Å². The minimum absolute atomic E-state index is 0.174. The van der Waals surface area contributed by atoms with Gasteiger partial charge in [0.05, 0.1) is 31.2 Å². The summed E-state index contributed by atoms with van der Waals surface area (Å²) in [6.45, 7) is 1.44. The number of esters is 1. The third-order valence-electron chi connectivity index (χ3n) is 4.73. The van der Waals surface area contributed by atoms with Crippen molar-refractivity contribution in [3.63, 3.8) is 0 Å². The zero-order valence-electron chi connectivity index (χ0n) is 17.3. The topological polar surface area (TPSA) is 111 Å². The Morgan fingerprint density at radius 2 is 1.61 bits per heavy atom. The van der Waals surface area contributed by atoms with Gasteiger partial charge >= 0.3 is 5.97 Å². The number of nitrogens with zero attached hydrogens (tertiary/aromatic N) is 1. The number of carbonyl (C=O) groups is 4. The molecule has 1 saturated heterocycles.